The number of methoxy groups -OCH3 is 1. The largest absolute Gasteiger partial charge is 0.497 e. The van der Waals surface area contributed by atoms with Gasteiger partial charge in [-0.1, -0.05) is 12.1 Å². The highest BCUT2D eigenvalue weighted by Gasteiger charge is 2.26. The molecule has 0 spiro atoms. The summed E-state index contributed by atoms with van der Waals surface area (Å²) in [6.07, 6.45) is 2.98. The predicted molar refractivity (Wildman–Crippen MR) is 129 cm³/mol. The molecule has 0 amide bonds. The van der Waals surface area contributed by atoms with Gasteiger partial charge in [0.1, 0.15) is 11.6 Å². The van der Waals surface area contributed by atoms with Gasteiger partial charge in [0.15, 0.2) is 5.78 Å². The molecule has 0 aromatic heterocycles. The minimum atomic E-state index is -0.292. The number of carbonyl (C=O) groups is 1. The second-order valence-corrected chi connectivity index (χ2v) is 9.31. The second-order valence-electron chi connectivity index (χ2n) is 9.31. The van der Waals surface area contributed by atoms with Crippen LogP contribution in [0.4, 0.5) is 4.39 Å². The van der Waals surface area contributed by atoms with E-state index in [1.165, 1.54) is 24.1 Å². The number of Topliss-reactive ketones (excluding diaryl/α,β-unsaturated/α-hetero) is 1. The quantitative estimate of drug-likeness (QED) is 0.538. The number of piperidine rings is 1. The summed E-state index contributed by atoms with van der Waals surface area (Å²) in [6, 6.07) is 14.3. The first-order chi connectivity index (χ1) is 16.1. The van der Waals surface area contributed by atoms with Crippen molar-refractivity contribution in [3.63, 3.8) is 0 Å². The molecule has 0 atom stereocenters. The first kappa shape index (κ1) is 23.9. The number of likely N-dealkylation sites (tertiary alicyclic amines) is 1. The summed E-state index contributed by atoms with van der Waals surface area (Å²) in [5.74, 6) is 0.875. The standard InChI is InChI=1S/C27H36FN3O2/c1-33-26-5-2-4-22(20-26)21-31-18-16-30(17-19-31)13-3-12-29-14-10-24(11-15-29)27(32)23-6-8-25(28)9-7-23/h2,4-9,20,24H,3,10-19,21H2,1H3. The zero-order valence-electron chi connectivity index (χ0n) is 19.7. The van der Waals surface area contributed by atoms with Crippen LogP contribution < -0.4 is 4.74 Å². The lowest BCUT2D eigenvalue weighted by Gasteiger charge is -2.36. The van der Waals surface area contributed by atoms with E-state index in [2.05, 4.69) is 32.9 Å². The topological polar surface area (TPSA) is 36.0 Å². The molecule has 0 unspecified atom stereocenters. The Kier molecular flexibility index (Phi) is 8.48. The van der Waals surface area contributed by atoms with Crippen molar-refractivity contribution in [1.29, 1.82) is 0 Å². The van der Waals surface area contributed by atoms with E-state index in [-0.39, 0.29) is 17.5 Å². The molecule has 2 aromatic rings. The smallest absolute Gasteiger partial charge is 0.166 e. The van der Waals surface area contributed by atoms with Gasteiger partial charge in [0, 0.05) is 44.2 Å². The highest BCUT2D eigenvalue weighted by Crippen LogP contribution is 2.22. The molecular formula is C27H36FN3O2. The number of ether oxygens (including phenoxy) is 1. The summed E-state index contributed by atoms with van der Waals surface area (Å²) in [4.78, 5) is 20.2. The molecule has 2 aliphatic rings. The Hall–Kier alpha value is -2.28. The molecule has 0 radical (unpaired) electrons. The summed E-state index contributed by atoms with van der Waals surface area (Å²) >= 11 is 0. The Labute approximate surface area is 197 Å². The number of hydrogen-bond donors (Lipinski definition) is 0. The SMILES string of the molecule is COc1cccc(CN2CCN(CCCN3CCC(C(=O)c4ccc(F)cc4)CC3)CC2)c1. The zero-order chi connectivity index (χ0) is 23.0. The van der Waals surface area contributed by atoms with Crippen molar-refractivity contribution in [2.75, 3.05) is 59.5 Å². The van der Waals surface area contributed by atoms with Gasteiger partial charge < -0.3 is 14.5 Å². The van der Waals surface area contributed by atoms with Gasteiger partial charge >= 0.3 is 0 Å². The number of rotatable bonds is 9. The van der Waals surface area contributed by atoms with Gasteiger partial charge in [-0.15, -0.1) is 0 Å². The molecule has 6 heteroatoms. The molecule has 0 saturated carbocycles. The van der Waals surface area contributed by atoms with Crippen molar-refractivity contribution >= 4 is 5.78 Å². The van der Waals surface area contributed by atoms with Crippen LogP contribution in [0.1, 0.15) is 35.2 Å². The van der Waals surface area contributed by atoms with Crippen LogP contribution in [-0.4, -0.2) is 80.0 Å². The van der Waals surface area contributed by atoms with E-state index in [0.717, 1.165) is 77.5 Å². The van der Waals surface area contributed by atoms with Crippen molar-refractivity contribution in [1.82, 2.24) is 14.7 Å². The van der Waals surface area contributed by atoms with Crippen LogP contribution in [0.3, 0.4) is 0 Å². The first-order valence-electron chi connectivity index (χ1n) is 12.2. The van der Waals surface area contributed by atoms with Gasteiger partial charge in [0.2, 0.25) is 0 Å². The molecule has 2 heterocycles. The van der Waals surface area contributed by atoms with E-state index in [1.807, 2.05) is 6.07 Å². The third-order valence-corrected chi connectivity index (χ3v) is 7.04. The van der Waals surface area contributed by atoms with E-state index >= 15 is 0 Å². The molecule has 0 aliphatic carbocycles. The Morgan fingerprint density at radius 2 is 1.55 bits per heavy atom. The van der Waals surface area contributed by atoms with Crippen molar-refractivity contribution in [3.8, 4) is 5.75 Å². The van der Waals surface area contributed by atoms with E-state index in [4.69, 9.17) is 4.74 Å². The fourth-order valence-corrected chi connectivity index (χ4v) is 4.99. The molecule has 178 valence electrons. The number of hydrogen-bond acceptors (Lipinski definition) is 5. The Bertz CT molecular complexity index is 888. The predicted octanol–water partition coefficient (Wildman–Crippen LogP) is 3.94. The fraction of sp³-hybridized carbons (Fsp3) is 0.519. The number of ketones is 1. The van der Waals surface area contributed by atoms with Crippen LogP contribution in [0.5, 0.6) is 5.75 Å². The molecule has 2 aromatic carbocycles. The average Bonchev–Trinajstić information content (AvgIpc) is 2.86. The van der Waals surface area contributed by atoms with Gasteiger partial charge in [-0.05, 0) is 87.4 Å². The normalized spacial score (nSPS) is 19.0. The third kappa shape index (κ3) is 6.85. The Morgan fingerprint density at radius 3 is 2.21 bits per heavy atom. The van der Waals surface area contributed by atoms with Crippen molar-refractivity contribution in [3.05, 3.63) is 65.5 Å². The summed E-state index contributed by atoms with van der Waals surface area (Å²) < 4.78 is 18.4. The third-order valence-electron chi connectivity index (χ3n) is 7.04. The van der Waals surface area contributed by atoms with Crippen molar-refractivity contribution < 1.29 is 13.9 Å². The van der Waals surface area contributed by atoms with Crippen molar-refractivity contribution in [2.24, 2.45) is 5.92 Å². The summed E-state index contributed by atoms with van der Waals surface area (Å²) in [5, 5.41) is 0. The van der Waals surface area contributed by atoms with E-state index < -0.39 is 0 Å². The maximum absolute atomic E-state index is 13.1. The van der Waals surface area contributed by atoms with Crippen LogP contribution in [0.15, 0.2) is 48.5 Å². The summed E-state index contributed by atoms with van der Waals surface area (Å²) in [5.41, 5.74) is 1.95. The second kappa shape index (κ2) is 11.7. The van der Waals surface area contributed by atoms with Gasteiger partial charge in [-0.3, -0.25) is 9.69 Å². The van der Waals surface area contributed by atoms with Crippen LogP contribution in [-0.2, 0) is 6.54 Å². The lowest BCUT2D eigenvalue weighted by Crippen LogP contribution is -2.46. The Morgan fingerprint density at radius 1 is 0.909 bits per heavy atom. The molecule has 2 aliphatic heterocycles. The first-order valence-corrected chi connectivity index (χ1v) is 12.2. The lowest BCUT2D eigenvalue weighted by atomic mass is 9.89. The van der Waals surface area contributed by atoms with Crippen LogP contribution in [0, 0.1) is 11.7 Å². The molecule has 33 heavy (non-hydrogen) atoms. The molecule has 5 nitrogen and oxygen atoms in total. The molecule has 2 fully saturated rings. The number of benzene rings is 2. The minimum absolute atomic E-state index is 0.0735. The average molecular weight is 454 g/mol. The van der Waals surface area contributed by atoms with Gasteiger partial charge in [0.05, 0.1) is 7.11 Å². The van der Waals surface area contributed by atoms with Crippen molar-refractivity contribution in [2.45, 2.75) is 25.8 Å². The summed E-state index contributed by atoms with van der Waals surface area (Å²) in [6.45, 7) is 9.63. The maximum Gasteiger partial charge on any atom is 0.166 e. The fourth-order valence-electron chi connectivity index (χ4n) is 4.99. The molecule has 4 rings (SSSR count). The number of piperazine rings is 1. The van der Waals surface area contributed by atoms with E-state index in [9.17, 15) is 9.18 Å². The molecule has 2 saturated heterocycles. The van der Waals surface area contributed by atoms with Crippen LogP contribution >= 0.6 is 0 Å². The highest BCUT2D eigenvalue weighted by molar-refractivity contribution is 5.97. The molecular weight excluding hydrogens is 417 g/mol. The van der Waals surface area contributed by atoms with Gasteiger partial charge in [0.25, 0.3) is 0 Å². The lowest BCUT2D eigenvalue weighted by molar-refractivity contribution is 0.0829. The molecule has 0 N–H and O–H groups in total. The number of carbonyl (C=O) groups excluding carboxylic acids is 1. The highest BCUT2D eigenvalue weighted by atomic mass is 19.1. The maximum atomic E-state index is 13.1. The number of halogens is 1. The van der Waals surface area contributed by atoms with Gasteiger partial charge in [-0.25, -0.2) is 4.39 Å². The Balaban J connectivity index is 1.11. The van der Waals surface area contributed by atoms with Gasteiger partial charge in [-0.2, -0.15) is 0 Å². The minimum Gasteiger partial charge on any atom is -0.497 e. The van der Waals surface area contributed by atoms with Crippen LogP contribution in [0.2, 0.25) is 0 Å². The van der Waals surface area contributed by atoms with E-state index in [0.29, 0.717) is 5.56 Å². The van der Waals surface area contributed by atoms with Crippen LogP contribution in [0.25, 0.3) is 0 Å². The zero-order valence-corrected chi connectivity index (χ0v) is 19.7. The number of nitrogens with zero attached hydrogens (tertiary/aromatic N) is 3. The summed E-state index contributed by atoms with van der Waals surface area (Å²) in [7, 11) is 1.72. The van der Waals surface area contributed by atoms with E-state index in [1.54, 1.807) is 19.2 Å². The monoisotopic (exact) mass is 453 g/mol. The molecule has 0 bridgehead atoms.